The Morgan fingerprint density at radius 3 is 2.54 bits per heavy atom. The van der Waals surface area contributed by atoms with E-state index in [0.29, 0.717) is 0 Å². The molecule has 7 aromatic rings. The number of ether oxygens (including phenoxy) is 1. The van der Waals surface area contributed by atoms with Crippen LogP contribution in [0.3, 0.4) is 0 Å². The summed E-state index contributed by atoms with van der Waals surface area (Å²) in [4.78, 5) is 9.68. The lowest BCUT2D eigenvalue weighted by Crippen LogP contribution is -2.62. The number of fused-ring (bicyclic) bond motifs is 8. The molecule has 0 fully saturated rings. The minimum atomic E-state index is -0.610. The monoisotopic (exact) mass is 449 g/mol. The van der Waals surface area contributed by atoms with Gasteiger partial charge in [-0.1, -0.05) is 27.4 Å². The van der Waals surface area contributed by atoms with E-state index in [-0.39, 0.29) is 0 Å². The average molecular weight is 449 g/mol. The lowest BCUT2D eigenvalue weighted by atomic mass is 9.86. The van der Waals surface area contributed by atoms with E-state index in [4.69, 9.17) is 14.7 Å². The van der Waals surface area contributed by atoms with E-state index in [9.17, 15) is 0 Å². The number of aromatic nitrogens is 5. The van der Waals surface area contributed by atoms with E-state index < -0.39 is 5.66 Å². The summed E-state index contributed by atoms with van der Waals surface area (Å²) in [6.45, 7) is 0. The van der Waals surface area contributed by atoms with E-state index in [2.05, 4.69) is 92.8 Å². The van der Waals surface area contributed by atoms with Crippen molar-refractivity contribution in [3.05, 3.63) is 103 Å². The van der Waals surface area contributed by atoms with Crippen LogP contribution < -0.4 is 13.8 Å². The number of nitrogens with zero attached hydrogens (tertiary/aromatic N) is 5. The van der Waals surface area contributed by atoms with Crippen LogP contribution in [-0.4, -0.2) is 14.6 Å². The van der Waals surface area contributed by atoms with Crippen LogP contribution in [0.5, 0.6) is 11.5 Å². The van der Waals surface area contributed by atoms with Crippen molar-refractivity contribution >= 4 is 38.4 Å². The molecule has 6 heteroatoms. The smallest absolute Gasteiger partial charge is 0.361 e. The average Bonchev–Trinajstić information content (AvgIpc) is 3.53. The van der Waals surface area contributed by atoms with Crippen LogP contribution in [-0.2, 0) is 5.66 Å². The zero-order chi connectivity index (χ0) is 22.5. The Hall–Kier alpha value is -4.84. The highest BCUT2D eigenvalue weighted by Gasteiger charge is 2.69. The Kier molecular flexibility index (Phi) is 2.45. The molecule has 7 heterocycles. The van der Waals surface area contributed by atoms with Crippen LogP contribution >= 0.6 is 0 Å². The summed E-state index contributed by atoms with van der Waals surface area (Å²) < 4.78 is 13.9. The maximum atomic E-state index is 6.63. The highest BCUT2D eigenvalue weighted by molar-refractivity contribution is 6.14. The molecule has 3 aliphatic rings. The normalized spacial score (nSPS) is 18.1. The van der Waals surface area contributed by atoms with Crippen molar-refractivity contribution in [3.8, 4) is 22.8 Å². The molecular weight excluding hydrogens is 434 g/mol. The van der Waals surface area contributed by atoms with Gasteiger partial charge < -0.3 is 4.74 Å². The molecular formula is C29H15N5O+2. The van der Waals surface area contributed by atoms with Gasteiger partial charge in [0.25, 0.3) is 11.0 Å². The molecule has 0 amide bonds. The van der Waals surface area contributed by atoms with Crippen molar-refractivity contribution in [1.29, 1.82) is 0 Å². The van der Waals surface area contributed by atoms with Crippen molar-refractivity contribution < 1.29 is 13.8 Å². The second-order valence-corrected chi connectivity index (χ2v) is 9.49. The number of benzene rings is 3. The molecule has 10 rings (SSSR count). The third-order valence-electron chi connectivity index (χ3n) is 8.06. The van der Waals surface area contributed by atoms with Gasteiger partial charge in [-0.2, -0.15) is 4.57 Å². The van der Waals surface area contributed by atoms with E-state index in [1.54, 1.807) is 12.4 Å². The predicted molar refractivity (Wildman–Crippen MR) is 129 cm³/mol. The van der Waals surface area contributed by atoms with Crippen molar-refractivity contribution in [2.75, 3.05) is 0 Å². The van der Waals surface area contributed by atoms with Gasteiger partial charge in [-0.05, 0) is 42.5 Å². The first-order valence-corrected chi connectivity index (χ1v) is 11.8. The molecule has 0 radical (unpaired) electrons. The molecule has 0 N–H and O–H groups in total. The van der Waals surface area contributed by atoms with Gasteiger partial charge in [-0.3, -0.25) is 4.98 Å². The highest BCUT2D eigenvalue weighted by atomic mass is 16.5. The molecule has 3 aromatic carbocycles. The van der Waals surface area contributed by atoms with Gasteiger partial charge >= 0.3 is 5.66 Å². The zero-order valence-corrected chi connectivity index (χ0v) is 18.3. The standard InChI is InChI=1S/C29H15N5O/c1-2-9-20-17(6-1)28-26-25(30-13-14-31-26)18-11-12-22-24-27(18)33(28)34(20)29(24)23-16(7-5-10-21(23)35-22)19-8-3-4-15-32(19)29/h1-15H/q+2. The quantitative estimate of drug-likeness (QED) is 0.254. The van der Waals surface area contributed by atoms with Crippen molar-refractivity contribution in [2.45, 2.75) is 5.66 Å². The number of pyridine rings is 2. The second-order valence-electron chi connectivity index (χ2n) is 9.49. The molecule has 1 unspecified atom stereocenters. The summed E-state index contributed by atoms with van der Waals surface area (Å²) in [5.74, 6) is 1.79. The second kappa shape index (κ2) is 5.13. The minimum absolute atomic E-state index is 0.610. The molecule has 6 nitrogen and oxygen atoms in total. The van der Waals surface area contributed by atoms with Crippen LogP contribution in [0.1, 0.15) is 11.1 Å². The van der Waals surface area contributed by atoms with Gasteiger partial charge in [0.2, 0.25) is 5.69 Å². The third-order valence-corrected chi connectivity index (χ3v) is 8.06. The molecule has 0 saturated heterocycles. The van der Waals surface area contributed by atoms with E-state index >= 15 is 0 Å². The molecule has 160 valence electrons. The molecule has 1 atom stereocenters. The number of hydrogen-bond acceptors (Lipinski definition) is 3. The van der Waals surface area contributed by atoms with E-state index in [1.807, 2.05) is 0 Å². The first-order chi connectivity index (χ1) is 17.4. The highest BCUT2D eigenvalue weighted by Crippen LogP contribution is 2.57. The molecule has 3 aliphatic heterocycles. The fourth-order valence-corrected chi connectivity index (χ4v) is 6.99. The first-order valence-electron chi connectivity index (χ1n) is 11.8. The van der Waals surface area contributed by atoms with Gasteiger partial charge in [0.05, 0.1) is 16.3 Å². The fraction of sp³-hybridized carbons (Fsp3) is 0.0345. The van der Waals surface area contributed by atoms with Crippen LogP contribution in [0, 0.1) is 0 Å². The molecule has 0 saturated carbocycles. The number of hydrogen-bond donors (Lipinski definition) is 0. The van der Waals surface area contributed by atoms with Gasteiger partial charge in [0.1, 0.15) is 28.1 Å². The van der Waals surface area contributed by atoms with Crippen LogP contribution in [0.15, 0.2) is 91.4 Å². The Morgan fingerprint density at radius 1 is 0.714 bits per heavy atom. The van der Waals surface area contributed by atoms with Crippen LogP contribution in [0.4, 0.5) is 0 Å². The van der Waals surface area contributed by atoms with Gasteiger partial charge in [-0.15, -0.1) is 0 Å². The maximum Gasteiger partial charge on any atom is 0.361 e. The molecule has 0 aliphatic carbocycles. The first kappa shape index (κ1) is 16.7. The molecule has 4 aromatic heterocycles. The van der Waals surface area contributed by atoms with Gasteiger partial charge in [0, 0.05) is 24.5 Å². The third kappa shape index (κ3) is 1.51. The van der Waals surface area contributed by atoms with Crippen molar-refractivity contribution in [3.63, 3.8) is 0 Å². The topological polar surface area (TPSA) is 47.9 Å². The summed E-state index contributed by atoms with van der Waals surface area (Å²) >= 11 is 0. The SMILES string of the molecule is c1cc2c3c(c1)-c1cccc[n+]1C31c3c(ccc4c5nccnc5c5c6ccccc6n1[n+]5c34)O2. The Bertz CT molecular complexity index is 2160. The van der Waals surface area contributed by atoms with Gasteiger partial charge in [-0.25, -0.2) is 4.98 Å². The van der Waals surface area contributed by atoms with Crippen molar-refractivity contribution in [1.82, 2.24) is 14.6 Å². The van der Waals surface area contributed by atoms with Crippen molar-refractivity contribution in [2.24, 2.45) is 0 Å². The molecule has 0 bridgehead atoms. The molecule has 1 spiro atoms. The Morgan fingerprint density at radius 2 is 1.57 bits per heavy atom. The number of para-hydroxylation sites is 1. The summed E-state index contributed by atoms with van der Waals surface area (Å²) in [5.41, 5.74) is 9.31. The maximum absolute atomic E-state index is 6.63. The minimum Gasteiger partial charge on any atom is -0.456 e. The molecule has 35 heavy (non-hydrogen) atoms. The lowest BCUT2D eigenvalue weighted by Gasteiger charge is -2.27. The zero-order valence-electron chi connectivity index (χ0n) is 18.3. The Labute approximate surface area is 197 Å². The summed E-state index contributed by atoms with van der Waals surface area (Å²) in [5, 5.41) is 2.25. The largest absolute Gasteiger partial charge is 0.456 e. The summed E-state index contributed by atoms with van der Waals surface area (Å²) in [6, 6.07) is 25.7. The summed E-state index contributed by atoms with van der Waals surface area (Å²) in [6.07, 6.45) is 5.78. The predicted octanol–water partition coefficient (Wildman–Crippen LogP) is 4.46. The van der Waals surface area contributed by atoms with E-state index in [1.165, 1.54) is 22.2 Å². The van der Waals surface area contributed by atoms with E-state index in [0.717, 1.165) is 50.0 Å². The Balaban J connectivity index is 1.63. The van der Waals surface area contributed by atoms with Crippen LogP contribution in [0.2, 0.25) is 0 Å². The summed E-state index contributed by atoms with van der Waals surface area (Å²) in [7, 11) is 0. The van der Waals surface area contributed by atoms with Crippen LogP contribution in [0.25, 0.3) is 49.6 Å². The lowest BCUT2D eigenvalue weighted by molar-refractivity contribution is -0.765. The van der Waals surface area contributed by atoms with Gasteiger partial charge in [0.15, 0.2) is 17.3 Å². The fourth-order valence-electron chi connectivity index (χ4n) is 6.99. The number of rotatable bonds is 0.